The van der Waals surface area contributed by atoms with E-state index in [0.29, 0.717) is 5.92 Å². The molecule has 0 bridgehead atoms. The minimum Gasteiger partial charge on any atom is -0.356 e. The highest BCUT2D eigenvalue weighted by atomic mass is 19.1. The molecule has 0 saturated carbocycles. The lowest BCUT2D eigenvalue weighted by atomic mass is 9.97. The number of piperidine rings is 2. The van der Waals surface area contributed by atoms with Crippen LogP contribution < -0.4 is 4.90 Å². The van der Waals surface area contributed by atoms with Crippen LogP contribution in [0.4, 0.5) is 10.2 Å². The van der Waals surface area contributed by atoms with Gasteiger partial charge in [-0.25, -0.2) is 9.37 Å². The molecule has 0 spiro atoms. The van der Waals surface area contributed by atoms with E-state index in [1.165, 1.54) is 31.5 Å². The van der Waals surface area contributed by atoms with Gasteiger partial charge >= 0.3 is 0 Å². The summed E-state index contributed by atoms with van der Waals surface area (Å²) in [7, 11) is 2.09. The van der Waals surface area contributed by atoms with Crippen LogP contribution in [0.15, 0.2) is 18.3 Å². The maximum absolute atomic E-state index is 13.1. The maximum atomic E-state index is 13.1. The summed E-state index contributed by atoms with van der Waals surface area (Å²) < 4.78 is 15.3. The molecule has 0 amide bonds. The molecule has 2 fully saturated rings. The largest absolute Gasteiger partial charge is 0.356 e. The molecule has 4 heterocycles. The number of pyridine rings is 1. The van der Waals surface area contributed by atoms with Gasteiger partial charge in [0, 0.05) is 26.1 Å². The average molecular weight is 358 g/mol. The molecule has 1 atom stereocenters. The molecule has 6 nitrogen and oxygen atoms in total. The Balaban J connectivity index is 1.45. The van der Waals surface area contributed by atoms with Gasteiger partial charge in [-0.15, -0.1) is 10.2 Å². The molecule has 2 aromatic heterocycles. The fourth-order valence-electron chi connectivity index (χ4n) is 4.14. The minimum absolute atomic E-state index is 0.294. The zero-order valence-corrected chi connectivity index (χ0v) is 15.4. The molecule has 7 heteroatoms. The van der Waals surface area contributed by atoms with E-state index in [4.69, 9.17) is 0 Å². The van der Waals surface area contributed by atoms with Gasteiger partial charge in [0.1, 0.15) is 23.3 Å². The van der Waals surface area contributed by atoms with Gasteiger partial charge in [0.25, 0.3) is 0 Å². The number of likely N-dealkylation sites (tertiary alicyclic amines) is 1. The third-order valence-corrected chi connectivity index (χ3v) is 5.63. The summed E-state index contributed by atoms with van der Waals surface area (Å²) in [5, 5.41) is 9.01. The zero-order valence-electron chi connectivity index (χ0n) is 15.4. The minimum atomic E-state index is -0.294. The van der Waals surface area contributed by atoms with E-state index in [1.807, 2.05) is 0 Å². The van der Waals surface area contributed by atoms with Crippen LogP contribution in [0.2, 0.25) is 0 Å². The molecular formula is C19H27FN6. The van der Waals surface area contributed by atoms with E-state index in [0.717, 1.165) is 63.0 Å². The summed E-state index contributed by atoms with van der Waals surface area (Å²) in [5.74, 6) is 3.00. The molecule has 2 aromatic rings. The van der Waals surface area contributed by atoms with Crippen molar-refractivity contribution in [1.82, 2.24) is 24.6 Å². The maximum Gasteiger partial charge on any atom is 0.146 e. The van der Waals surface area contributed by atoms with Gasteiger partial charge in [0.05, 0.1) is 12.7 Å². The topological polar surface area (TPSA) is 50.1 Å². The quantitative estimate of drug-likeness (QED) is 0.841. The van der Waals surface area contributed by atoms with Crippen LogP contribution in [0.25, 0.3) is 0 Å². The average Bonchev–Trinajstić information content (AvgIpc) is 3.04. The lowest BCUT2D eigenvalue weighted by Gasteiger charge is -2.33. The highest BCUT2D eigenvalue weighted by Gasteiger charge is 2.27. The monoisotopic (exact) mass is 358 g/mol. The van der Waals surface area contributed by atoms with Crippen molar-refractivity contribution in [3.8, 4) is 0 Å². The number of nitrogens with zero attached hydrogens (tertiary/aromatic N) is 6. The molecule has 0 N–H and O–H groups in total. The molecule has 1 unspecified atom stereocenters. The number of aromatic nitrogens is 4. The predicted molar refractivity (Wildman–Crippen MR) is 98.5 cm³/mol. The summed E-state index contributed by atoms with van der Waals surface area (Å²) >= 11 is 0. The summed E-state index contributed by atoms with van der Waals surface area (Å²) in [6, 6.07) is 3.24. The van der Waals surface area contributed by atoms with Crippen molar-refractivity contribution in [3.05, 3.63) is 35.8 Å². The molecule has 0 aromatic carbocycles. The Bertz CT molecular complexity index is 722. The number of halogens is 1. The van der Waals surface area contributed by atoms with E-state index < -0.39 is 0 Å². The number of anilines is 1. The third kappa shape index (κ3) is 3.72. The summed E-state index contributed by atoms with van der Waals surface area (Å²) in [6.45, 7) is 5.02. The Hall–Kier alpha value is -2.02. The van der Waals surface area contributed by atoms with Crippen molar-refractivity contribution in [2.75, 3.05) is 31.1 Å². The number of rotatable bonds is 4. The van der Waals surface area contributed by atoms with Crippen LogP contribution in [-0.4, -0.2) is 50.8 Å². The zero-order chi connectivity index (χ0) is 17.9. The molecule has 2 aliphatic heterocycles. The smallest absolute Gasteiger partial charge is 0.146 e. The van der Waals surface area contributed by atoms with Crippen LogP contribution in [0.3, 0.4) is 0 Å². The molecule has 2 saturated heterocycles. The standard InChI is InChI=1S/C19H27FN6/c1-24-18(14-25-9-3-2-4-10-25)22-23-19(24)15-6-5-11-26(13-15)17-8-7-16(20)12-21-17/h7-8,12,15H,2-6,9-11,13-14H2,1H3. The predicted octanol–water partition coefficient (Wildman–Crippen LogP) is 2.72. The van der Waals surface area contributed by atoms with Gasteiger partial charge in [-0.2, -0.15) is 0 Å². The molecule has 0 radical (unpaired) electrons. The Labute approximate surface area is 154 Å². The summed E-state index contributed by atoms with van der Waals surface area (Å²) in [4.78, 5) is 8.94. The van der Waals surface area contributed by atoms with Crippen LogP contribution in [0, 0.1) is 5.82 Å². The first-order valence-electron chi connectivity index (χ1n) is 9.68. The Morgan fingerprint density at radius 1 is 1.08 bits per heavy atom. The van der Waals surface area contributed by atoms with E-state index in [1.54, 1.807) is 6.07 Å². The van der Waals surface area contributed by atoms with Crippen molar-refractivity contribution < 1.29 is 4.39 Å². The first kappa shape index (κ1) is 17.4. The lowest BCUT2D eigenvalue weighted by Crippen LogP contribution is -2.36. The third-order valence-electron chi connectivity index (χ3n) is 5.63. The lowest BCUT2D eigenvalue weighted by molar-refractivity contribution is 0.213. The van der Waals surface area contributed by atoms with Crippen LogP contribution in [0.1, 0.15) is 49.7 Å². The van der Waals surface area contributed by atoms with E-state index >= 15 is 0 Å². The van der Waals surface area contributed by atoms with Crippen molar-refractivity contribution >= 4 is 5.82 Å². The molecule has 140 valence electrons. The van der Waals surface area contributed by atoms with Gasteiger partial charge in [-0.1, -0.05) is 6.42 Å². The van der Waals surface area contributed by atoms with E-state index in [9.17, 15) is 4.39 Å². The number of hydrogen-bond donors (Lipinski definition) is 0. The summed E-state index contributed by atoms with van der Waals surface area (Å²) in [6.07, 6.45) is 7.39. The Morgan fingerprint density at radius 3 is 2.69 bits per heavy atom. The Morgan fingerprint density at radius 2 is 1.92 bits per heavy atom. The van der Waals surface area contributed by atoms with Crippen LogP contribution in [-0.2, 0) is 13.6 Å². The van der Waals surface area contributed by atoms with Crippen LogP contribution >= 0.6 is 0 Å². The normalized spacial score (nSPS) is 21.9. The fraction of sp³-hybridized carbons (Fsp3) is 0.632. The highest BCUT2D eigenvalue weighted by molar-refractivity contribution is 5.39. The van der Waals surface area contributed by atoms with Gasteiger partial charge in [0.2, 0.25) is 0 Å². The van der Waals surface area contributed by atoms with Crippen LogP contribution in [0.5, 0.6) is 0 Å². The van der Waals surface area contributed by atoms with Crippen molar-refractivity contribution in [1.29, 1.82) is 0 Å². The van der Waals surface area contributed by atoms with Crippen molar-refractivity contribution in [2.45, 2.75) is 44.6 Å². The molecular weight excluding hydrogens is 331 g/mol. The molecule has 26 heavy (non-hydrogen) atoms. The SMILES string of the molecule is Cn1c(CN2CCCCC2)nnc1C1CCCN(c2ccc(F)cn2)C1. The second kappa shape index (κ2) is 7.70. The highest BCUT2D eigenvalue weighted by Crippen LogP contribution is 2.28. The second-order valence-corrected chi connectivity index (χ2v) is 7.49. The van der Waals surface area contributed by atoms with E-state index in [-0.39, 0.29) is 5.82 Å². The fourth-order valence-corrected chi connectivity index (χ4v) is 4.14. The first-order chi connectivity index (χ1) is 12.7. The van der Waals surface area contributed by atoms with Gasteiger partial charge < -0.3 is 9.47 Å². The second-order valence-electron chi connectivity index (χ2n) is 7.49. The molecule has 2 aliphatic rings. The van der Waals surface area contributed by atoms with E-state index in [2.05, 4.69) is 36.6 Å². The van der Waals surface area contributed by atoms with Crippen molar-refractivity contribution in [3.63, 3.8) is 0 Å². The van der Waals surface area contributed by atoms with Crippen molar-refractivity contribution in [2.24, 2.45) is 7.05 Å². The molecule has 0 aliphatic carbocycles. The number of hydrogen-bond acceptors (Lipinski definition) is 5. The summed E-state index contributed by atoms with van der Waals surface area (Å²) in [5.41, 5.74) is 0. The van der Waals surface area contributed by atoms with Gasteiger partial charge in [-0.3, -0.25) is 4.90 Å². The van der Waals surface area contributed by atoms with Gasteiger partial charge in [-0.05, 0) is 50.9 Å². The van der Waals surface area contributed by atoms with Gasteiger partial charge in [0.15, 0.2) is 0 Å². The first-order valence-corrected chi connectivity index (χ1v) is 9.68. The molecule has 4 rings (SSSR count). The Kier molecular flexibility index (Phi) is 5.15.